The minimum atomic E-state index is -0.391. The molecule has 3 heteroatoms. The van der Waals surface area contributed by atoms with Crippen LogP contribution in [0.2, 0.25) is 0 Å². The van der Waals surface area contributed by atoms with Crippen LogP contribution in [0.1, 0.15) is 57.6 Å². The van der Waals surface area contributed by atoms with Gasteiger partial charge in [0.15, 0.2) is 0 Å². The standard InChI is InChI=1S/C16H21BrO2/c1-15(2)5-7-16(8-6-15)10-13(18)12-4-3-11(17)9-14(12)19-16/h3-4,9,13,18H,5-8,10H2,1-2H3. The van der Waals surface area contributed by atoms with E-state index in [1.165, 1.54) is 12.8 Å². The third kappa shape index (κ3) is 2.55. The lowest BCUT2D eigenvalue weighted by molar-refractivity contribution is -0.0576. The summed E-state index contributed by atoms with van der Waals surface area (Å²) in [6, 6.07) is 5.91. The lowest BCUT2D eigenvalue weighted by atomic mass is 9.68. The van der Waals surface area contributed by atoms with Gasteiger partial charge in [0.05, 0.1) is 6.10 Å². The van der Waals surface area contributed by atoms with Crippen molar-refractivity contribution in [2.75, 3.05) is 0 Å². The van der Waals surface area contributed by atoms with Crippen LogP contribution in [0.4, 0.5) is 0 Å². The summed E-state index contributed by atoms with van der Waals surface area (Å²) >= 11 is 3.48. The Bertz CT molecular complexity index is 486. The fourth-order valence-electron chi connectivity index (χ4n) is 3.30. The molecule has 1 aliphatic carbocycles. The van der Waals surface area contributed by atoms with E-state index in [9.17, 15) is 5.11 Å². The van der Waals surface area contributed by atoms with Gasteiger partial charge in [0.2, 0.25) is 0 Å². The summed E-state index contributed by atoms with van der Waals surface area (Å²) in [4.78, 5) is 0. The molecule has 1 aromatic rings. The van der Waals surface area contributed by atoms with E-state index < -0.39 is 6.10 Å². The molecular weight excluding hydrogens is 304 g/mol. The predicted molar refractivity (Wildman–Crippen MR) is 79.3 cm³/mol. The molecule has 0 amide bonds. The third-order valence-electron chi connectivity index (χ3n) is 4.74. The molecule has 0 saturated heterocycles. The summed E-state index contributed by atoms with van der Waals surface area (Å²) in [5.74, 6) is 0.854. The maximum Gasteiger partial charge on any atom is 0.127 e. The van der Waals surface area contributed by atoms with Crippen molar-refractivity contribution >= 4 is 15.9 Å². The highest BCUT2D eigenvalue weighted by Gasteiger charge is 2.44. The van der Waals surface area contributed by atoms with E-state index in [4.69, 9.17) is 4.74 Å². The lowest BCUT2D eigenvalue weighted by Crippen LogP contribution is -2.45. The van der Waals surface area contributed by atoms with Gasteiger partial charge < -0.3 is 9.84 Å². The maximum absolute atomic E-state index is 10.4. The average Bonchev–Trinajstić information content (AvgIpc) is 2.33. The summed E-state index contributed by atoms with van der Waals surface area (Å²) in [7, 11) is 0. The van der Waals surface area contributed by atoms with Crippen LogP contribution in [-0.2, 0) is 0 Å². The van der Waals surface area contributed by atoms with Crippen LogP contribution in [0.15, 0.2) is 22.7 Å². The van der Waals surface area contributed by atoms with Crippen molar-refractivity contribution < 1.29 is 9.84 Å². The highest BCUT2D eigenvalue weighted by Crippen LogP contribution is 2.50. The molecule has 3 rings (SSSR count). The van der Waals surface area contributed by atoms with Crippen molar-refractivity contribution in [3.63, 3.8) is 0 Å². The van der Waals surface area contributed by atoms with Gasteiger partial charge >= 0.3 is 0 Å². The fraction of sp³-hybridized carbons (Fsp3) is 0.625. The topological polar surface area (TPSA) is 29.5 Å². The zero-order valence-electron chi connectivity index (χ0n) is 11.6. The molecular formula is C16H21BrO2. The molecule has 2 nitrogen and oxygen atoms in total. The molecule has 1 N–H and O–H groups in total. The zero-order valence-corrected chi connectivity index (χ0v) is 13.2. The number of rotatable bonds is 0. The molecule has 1 aliphatic heterocycles. The van der Waals surface area contributed by atoms with E-state index in [1.54, 1.807) is 0 Å². The van der Waals surface area contributed by atoms with Crippen LogP contribution in [-0.4, -0.2) is 10.7 Å². The second kappa shape index (κ2) is 4.49. The Balaban J connectivity index is 1.88. The van der Waals surface area contributed by atoms with Crippen molar-refractivity contribution in [1.82, 2.24) is 0 Å². The number of halogens is 1. The Labute approximate surface area is 123 Å². The van der Waals surface area contributed by atoms with E-state index in [1.807, 2.05) is 18.2 Å². The first kappa shape index (κ1) is 13.4. The number of ether oxygens (including phenoxy) is 1. The smallest absolute Gasteiger partial charge is 0.127 e. The van der Waals surface area contributed by atoms with Gasteiger partial charge in [-0.2, -0.15) is 0 Å². The summed E-state index contributed by atoms with van der Waals surface area (Å²) in [5.41, 5.74) is 1.19. The molecule has 1 atom stereocenters. The number of aliphatic hydroxyl groups excluding tert-OH is 1. The molecule has 1 unspecified atom stereocenters. The van der Waals surface area contributed by atoms with Gasteiger partial charge in [-0.25, -0.2) is 0 Å². The van der Waals surface area contributed by atoms with Crippen LogP contribution >= 0.6 is 15.9 Å². The van der Waals surface area contributed by atoms with Crippen LogP contribution in [0.5, 0.6) is 5.75 Å². The van der Waals surface area contributed by atoms with Crippen LogP contribution in [0, 0.1) is 5.41 Å². The van der Waals surface area contributed by atoms with Crippen LogP contribution < -0.4 is 4.74 Å². The van der Waals surface area contributed by atoms with E-state index in [0.717, 1.165) is 35.0 Å². The van der Waals surface area contributed by atoms with Gasteiger partial charge in [0, 0.05) is 16.5 Å². The summed E-state index contributed by atoms with van der Waals surface area (Å²) in [6.45, 7) is 4.65. The number of benzene rings is 1. The first-order valence-electron chi connectivity index (χ1n) is 7.06. The second-order valence-electron chi connectivity index (χ2n) is 6.85. The fourth-order valence-corrected chi connectivity index (χ4v) is 3.64. The first-order chi connectivity index (χ1) is 8.89. The van der Waals surface area contributed by atoms with Gasteiger partial charge in [-0.05, 0) is 43.2 Å². The average molecular weight is 325 g/mol. The van der Waals surface area contributed by atoms with Crippen molar-refractivity contribution in [3.05, 3.63) is 28.2 Å². The molecule has 1 heterocycles. The molecule has 1 saturated carbocycles. The Morgan fingerprint density at radius 2 is 1.89 bits per heavy atom. The minimum Gasteiger partial charge on any atom is -0.487 e. The summed E-state index contributed by atoms with van der Waals surface area (Å²) < 4.78 is 7.32. The van der Waals surface area contributed by atoms with Gasteiger partial charge in [-0.1, -0.05) is 35.8 Å². The lowest BCUT2D eigenvalue weighted by Gasteiger charge is -2.47. The van der Waals surface area contributed by atoms with E-state index >= 15 is 0 Å². The molecule has 0 radical (unpaired) electrons. The highest BCUT2D eigenvalue weighted by molar-refractivity contribution is 9.10. The summed E-state index contributed by atoms with van der Waals surface area (Å²) in [5, 5.41) is 10.4. The van der Waals surface area contributed by atoms with Crippen molar-refractivity contribution in [2.24, 2.45) is 5.41 Å². The Kier molecular flexibility index (Phi) is 3.18. The molecule has 0 aromatic heterocycles. The normalized spacial score (nSPS) is 27.7. The number of hydrogen-bond donors (Lipinski definition) is 1. The Hall–Kier alpha value is -0.540. The monoisotopic (exact) mass is 324 g/mol. The molecule has 1 spiro atoms. The van der Waals surface area contributed by atoms with E-state index in [-0.39, 0.29) is 5.60 Å². The van der Waals surface area contributed by atoms with Crippen molar-refractivity contribution in [2.45, 2.75) is 57.7 Å². The van der Waals surface area contributed by atoms with Crippen molar-refractivity contribution in [1.29, 1.82) is 0 Å². The van der Waals surface area contributed by atoms with Gasteiger partial charge in [-0.15, -0.1) is 0 Å². The predicted octanol–water partition coefficient (Wildman–Crippen LogP) is 4.60. The zero-order chi connectivity index (χ0) is 13.7. The third-order valence-corrected chi connectivity index (χ3v) is 5.23. The number of fused-ring (bicyclic) bond motifs is 1. The van der Waals surface area contributed by atoms with Gasteiger partial charge in [0.25, 0.3) is 0 Å². The minimum absolute atomic E-state index is 0.150. The van der Waals surface area contributed by atoms with Crippen molar-refractivity contribution in [3.8, 4) is 5.75 Å². The Morgan fingerprint density at radius 1 is 1.21 bits per heavy atom. The molecule has 104 valence electrons. The summed E-state index contributed by atoms with van der Waals surface area (Å²) in [6.07, 6.45) is 4.77. The van der Waals surface area contributed by atoms with E-state index in [0.29, 0.717) is 5.41 Å². The molecule has 1 aromatic carbocycles. The molecule has 19 heavy (non-hydrogen) atoms. The van der Waals surface area contributed by atoms with Gasteiger partial charge in [0.1, 0.15) is 11.4 Å². The first-order valence-corrected chi connectivity index (χ1v) is 7.85. The Morgan fingerprint density at radius 3 is 2.58 bits per heavy atom. The second-order valence-corrected chi connectivity index (χ2v) is 7.77. The molecule has 1 fully saturated rings. The van der Waals surface area contributed by atoms with Crippen LogP contribution in [0.3, 0.4) is 0 Å². The maximum atomic E-state index is 10.4. The highest BCUT2D eigenvalue weighted by atomic mass is 79.9. The van der Waals surface area contributed by atoms with Crippen LogP contribution in [0.25, 0.3) is 0 Å². The largest absolute Gasteiger partial charge is 0.487 e. The number of aliphatic hydroxyl groups is 1. The van der Waals surface area contributed by atoms with E-state index in [2.05, 4.69) is 29.8 Å². The quantitative estimate of drug-likeness (QED) is 0.755. The number of hydrogen-bond acceptors (Lipinski definition) is 2. The molecule has 0 bridgehead atoms. The SMILES string of the molecule is CC1(C)CCC2(CC1)CC(O)c1ccc(Br)cc1O2. The van der Waals surface area contributed by atoms with Gasteiger partial charge in [-0.3, -0.25) is 0 Å². The molecule has 2 aliphatic rings.